The van der Waals surface area contributed by atoms with Gasteiger partial charge in [0.25, 0.3) is 0 Å². The maximum absolute atomic E-state index is 13.2. The molecule has 3 N–H and O–H groups in total. The van der Waals surface area contributed by atoms with Crippen molar-refractivity contribution in [1.82, 2.24) is 4.90 Å². The molecule has 1 rings (SSSR count). The van der Waals surface area contributed by atoms with Crippen LogP contribution in [0, 0.1) is 5.82 Å². The minimum Gasteiger partial charge on any atom is -0.395 e. The molecule has 112 valence electrons. The summed E-state index contributed by atoms with van der Waals surface area (Å²) in [7, 11) is 0. The van der Waals surface area contributed by atoms with Crippen molar-refractivity contribution in [2.75, 3.05) is 19.7 Å². The summed E-state index contributed by atoms with van der Waals surface area (Å²) in [5, 5.41) is 8.81. The van der Waals surface area contributed by atoms with Crippen LogP contribution in [0.5, 0.6) is 0 Å². The molecular formula is C12H14F4N2OS. The van der Waals surface area contributed by atoms with Crippen LogP contribution < -0.4 is 5.73 Å². The van der Waals surface area contributed by atoms with Crippen LogP contribution in [0.3, 0.4) is 0 Å². The molecule has 0 fully saturated rings. The molecule has 8 heteroatoms. The molecule has 0 unspecified atom stereocenters. The van der Waals surface area contributed by atoms with E-state index in [9.17, 15) is 17.6 Å². The Labute approximate surface area is 119 Å². The molecule has 0 heterocycles. The smallest absolute Gasteiger partial charge is 0.395 e. The molecule has 0 aliphatic carbocycles. The lowest BCUT2D eigenvalue weighted by Gasteiger charge is -2.23. The highest BCUT2D eigenvalue weighted by atomic mass is 32.1. The standard InChI is InChI=1S/C12H14F4N2OS/c13-9-1-2-10(11(17)20)8(5-9)6-18(3-4-19)7-12(14,15)16/h1-2,5,19H,3-4,6-7H2,(H2,17,20). The van der Waals surface area contributed by atoms with E-state index < -0.39 is 25.1 Å². The molecule has 0 aliphatic rings. The Hall–Kier alpha value is -1.25. The van der Waals surface area contributed by atoms with Gasteiger partial charge < -0.3 is 10.8 Å². The Balaban J connectivity index is 2.98. The normalized spacial score (nSPS) is 11.9. The maximum Gasteiger partial charge on any atom is 0.401 e. The number of aliphatic hydroxyl groups excluding tert-OH is 1. The van der Waals surface area contributed by atoms with Crippen molar-refractivity contribution in [2.45, 2.75) is 12.7 Å². The van der Waals surface area contributed by atoms with Gasteiger partial charge in [0.1, 0.15) is 10.8 Å². The molecule has 20 heavy (non-hydrogen) atoms. The summed E-state index contributed by atoms with van der Waals surface area (Å²) in [5.41, 5.74) is 6.05. The zero-order chi connectivity index (χ0) is 15.3. The largest absolute Gasteiger partial charge is 0.401 e. The second-order valence-corrected chi connectivity index (χ2v) is 4.65. The van der Waals surface area contributed by atoms with Crippen molar-refractivity contribution in [3.63, 3.8) is 0 Å². The second kappa shape index (κ2) is 6.96. The Morgan fingerprint density at radius 2 is 2.00 bits per heavy atom. The number of benzene rings is 1. The van der Waals surface area contributed by atoms with Gasteiger partial charge in [0, 0.05) is 18.7 Å². The van der Waals surface area contributed by atoms with Crippen LogP contribution in [0.15, 0.2) is 18.2 Å². The third-order valence-electron chi connectivity index (χ3n) is 2.55. The maximum atomic E-state index is 13.2. The van der Waals surface area contributed by atoms with E-state index >= 15 is 0 Å². The van der Waals surface area contributed by atoms with Gasteiger partial charge in [0.15, 0.2) is 0 Å². The highest BCUT2D eigenvalue weighted by Gasteiger charge is 2.30. The first-order valence-corrected chi connectivity index (χ1v) is 6.12. The molecular weight excluding hydrogens is 296 g/mol. The van der Waals surface area contributed by atoms with E-state index in [1.54, 1.807) is 0 Å². The van der Waals surface area contributed by atoms with Gasteiger partial charge in [0.05, 0.1) is 13.2 Å². The molecule has 0 spiro atoms. The van der Waals surface area contributed by atoms with Crippen molar-refractivity contribution in [2.24, 2.45) is 5.73 Å². The molecule has 0 aromatic heterocycles. The number of alkyl halides is 3. The number of hydrogen-bond donors (Lipinski definition) is 2. The average molecular weight is 310 g/mol. The van der Waals surface area contributed by atoms with Crippen LogP contribution in [0.25, 0.3) is 0 Å². The highest BCUT2D eigenvalue weighted by Crippen LogP contribution is 2.20. The molecule has 3 nitrogen and oxygen atoms in total. The number of hydrogen-bond acceptors (Lipinski definition) is 3. The van der Waals surface area contributed by atoms with E-state index in [0.29, 0.717) is 5.56 Å². The minimum absolute atomic E-state index is 0.0176. The third-order valence-corrected chi connectivity index (χ3v) is 2.77. The van der Waals surface area contributed by atoms with Gasteiger partial charge in [-0.15, -0.1) is 0 Å². The molecule has 0 amide bonds. The summed E-state index contributed by atoms with van der Waals surface area (Å²) in [5.74, 6) is -0.587. The number of nitrogens with zero attached hydrogens (tertiary/aromatic N) is 1. The zero-order valence-electron chi connectivity index (χ0n) is 10.5. The lowest BCUT2D eigenvalue weighted by atomic mass is 10.1. The fraction of sp³-hybridized carbons (Fsp3) is 0.417. The summed E-state index contributed by atoms with van der Waals surface area (Å²) >= 11 is 4.79. The molecule has 0 aliphatic heterocycles. The van der Waals surface area contributed by atoms with Crippen LogP contribution in [0.4, 0.5) is 17.6 Å². The monoisotopic (exact) mass is 310 g/mol. The van der Waals surface area contributed by atoms with Gasteiger partial charge in [-0.2, -0.15) is 13.2 Å². The molecule has 1 aromatic carbocycles. The Bertz CT molecular complexity index is 479. The topological polar surface area (TPSA) is 49.5 Å². The first kappa shape index (κ1) is 16.8. The number of halogens is 4. The predicted octanol–water partition coefficient (Wildman–Crippen LogP) is 1.82. The molecule has 0 saturated heterocycles. The summed E-state index contributed by atoms with van der Waals surface area (Å²) in [6, 6.07) is 3.56. The van der Waals surface area contributed by atoms with Crippen LogP contribution in [-0.4, -0.2) is 40.9 Å². The predicted molar refractivity (Wildman–Crippen MR) is 70.7 cm³/mol. The fourth-order valence-corrected chi connectivity index (χ4v) is 1.98. The van der Waals surface area contributed by atoms with E-state index in [1.807, 2.05) is 0 Å². The number of nitrogens with two attached hydrogens (primary N) is 1. The van der Waals surface area contributed by atoms with E-state index in [-0.39, 0.29) is 23.6 Å². The summed E-state index contributed by atoms with van der Waals surface area (Å²) < 4.78 is 50.5. The number of rotatable bonds is 6. The Kier molecular flexibility index (Phi) is 5.85. The third kappa shape index (κ3) is 5.40. The van der Waals surface area contributed by atoms with Gasteiger partial charge in [0.2, 0.25) is 0 Å². The van der Waals surface area contributed by atoms with Gasteiger partial charge in [-0.05, 0) is 23.8 Å². The average Bonchev–Trinajstić information content (AvgIpc) is 2.26. The van der Waals surface area contributed by atoms with E-state index in [2.05, 4.69) is 0 Å². The fourth-order valence-electron chi connectivity index (χ4n) is 1.78. The van der Waals surface area contributed by atoms with Gasteiger partial charge >= 0.3 is 6.18 Å². The summed E-state index contributed by atoms with van der Waals surface area (Å²) in [6.07, 6.45) is -4.41. The van der Waals surface area contributed by atoms with Gasteiger partial charge in [-0.1, -0.05) is 12.2 Å². The first-order chi connectivity index (χ1) is 9.23. The summed E-state index contributed by atoms with van der Waals surface area (Å²) in [4.78, 5) is 0.937. The van der Waals surface area contributed by atoms with E-state index in [4.69, 9.17) is 23.1 Å². The summed E-state index contributed by atoms with van der Waals surface area (Å²) in [6.45, 7) is -2.04. The lowest BCUT2D eigenvalue weighted by Crippen LogP contribution is -2.36. The minimum atomic E-state index is -4.41. The van der Waals surface area contributed by atoms with E-state index in [1.165, 1.54) is 6.07 Å². The van der Waals surface area contributed by atoms with Crippen LogP contribution in [0.1, 0.15) is 11.1 Å². The molecule has 0 saturated carbocycles. The van der Waals surface area contributed by atoms with Crippen molar-refractivity contribution in [3.05, 3.63) is 35.1 Å². The molecule has 0 radical (unpaired) electrons. The van der Waals surface area contributed by atoms with Gasteiger partial charge in [-0.3, -0.25) is 4.90 Å². The second-order valence-electron chi connectivity index (χ2n) is 4.22. The van der Waals surface area contributed by atoms with Crippen LogP contribution >= 0.6 is 12.2 Å². The van der Waals surface area contributed by atoms with Crippen molar-refractivity contribution >= 4 is 17.2 Å². The highest BCUT2D eigenvalue weighted by molar-refractivity contribution is 7.80. The van der Waals surface area contributed by atoms with Gasteiger partial charge in [-0.25, -0.2) is 4.39 Å². The van der Waals surface area contributed by atoms with Crippen molar-refractivity contribution in [1.29, 1.82) is 0 Å². The van der Waals surface area contributed by atoms with E-state index in [0.717, 1.165) is 17.0 Å². The Morgan fingerprint density at radius 3 is 2.50 bits per heavy atom. The van der Waals surface area contributed by atoms with Crippen LogP contribution in [0.2, 0.25) is 0 Å². The number of thiocarbonyl (C=S) groups is 1. The van der Waals surface area contributed by atoms with Crippen LogP contribution in [-0.2, 0) is 6.54 Å². The zero-order valence-corrected chi connectivity index (χ0v) is 11.3. The quantitative estimate of drug-likeness (QED) is 0.621. The Morgan fingerprint density at radius 1 is 1.35 bits per heavy atom. The SMILES string of the molecule is NC(=S)c1ccc(F)cc1CN(CCO)CC(F)(F)F. The molecule has 0 atom stereocenters. The molecule has 0 bridgehead atoms. The first-order valence-electron chi connectivity index (χ1n) is 5.71. The molecule has 1 aromatic rings. The number of aliphatic hydroxyl groups is 1. The van der Waals surface area contributed by atoms with Crippen molar-refractivity contribution < 1.29 is 22.7 Å². The van der Waals surface area contributed by atoms with Crippen molar-refractivity contribution in [3.8, 4) is 0 Å². The lowest BCUT2D eigenvalue weighted by molar-refractivity contribution is -0.147.